The molecule has 4 rings (SSSR count). The van der Waals surface area contributed by atoms with Crippen LogP contribution in [0.1, 0.15) is 45.5 Å². The number of benzene rings is 2. The lowest BCUT2D eigenvalue weighted by Crippen LogP contribution is -2.31. The number of rotatable bonds is 5. The Kier molecular flexibility index (Phi) is 5.36. The average molecular weight is 424 g/mol. The summed E-state index contributed by atoms with van der Waals surface area (Å²) >= 11 is 0. The van der Waals surface area contributed by atoms with E-state index in [9.17, 15) is 24.9 Å². The number of nitrogens with one attached hydrogen (secondary N) is 1. The predicted octanol–water partition coefficient (Wildman–Crippen LogP) is 2.23. The maximum atomic E-state index is 12.9. The van der Waals surface area contributed by atoms with E-state index in [-0.39, 0.29) is 56.2 Å². The number of aldehydes is 1. The monoisotopic (exact) mass is 424 g/mol. The van der Waals surface area contributed by atoms with Gasteiger partial charge in [0.25, 0.3) is 5.91 Å². The molecule has 1 fully saturated rings. The zero-order valence-corrected chi connectivity index (χ0v) is 17.3. The fraction of sp³-hybridized carbons (Fsp3) is 0.364. The van der Waals surface area contributed by atoms with Crippen LogP contribution in [-0.4, -0.2) is 68.6 Å². The second kappa shape index (κ2) is 7.99. The Morgan fingerprint density at radius 2 is 1.90 bits per heavy atom. The molecule has 2 aromatic carbocycles. The van der Waals surface area contributed by atoms with Gasteiger partial charge in [0.15, 0.2) is 6.29 Å². The van der Waals surface area contributed by atoms with E-state index < -0.39 is 5.75 Å². The van der Waals surface area contributed by atoms with E-state index in [2.05, 4.69) is 27.2 Å². The van der Waals surface area contributed by atoms with Crippen molar-refractivity contribution in [1.82, 2.24) is 20.2 Å². The molecule has 1 saturated heterocycles. The molecule has 1 unspecified atom stereocenters. The lowest BCUT2D eigenvalue weighted by molar-refractivity contribution is 0.0951. The summed E-state index contributed by atoms with van der Waals surface area (Å²) in [6.07, 6.45) is 3.51. The summed E-state index contributed by atoms with van der Waals surface area (Å²) in [4.78, 5) is 35.3. The van der Waals surface area contributed by atoms with Gasteiger partial charge in [-0.25, -0.2) is 9.97 Å². The number of aromatic hydroxyl groups is 3. The van der Waals surface area contributed by atoms with Crippen LogP contribution in [0.2, 0.25) is 0 Å². The predicted molar refractivity (Wildman–Crippen MR) is 115 cm³/mol. The topological polar surface area (TPSA) is 136 Å². The highest BCUT2D eigenvalue weighted by atomic mass is 16.3. The number of carbonyl (C=O) groups excluding carboxylic acids is 2. The van der Waals surface area contributed by atoms with Crippen molar-refractivity contribution < 1.29 is 24.9 Å². The number of nitrogens with zero attached hydrogens (tertiary/aromatic N) is 3. The number of hydrogen-bond donors (Lipinski definition) is 4. The third-order valence-electron chi connectivity index (χ3n) is 6.04. The Labute approximate surface area is 178 Å². The molecule has 9 heteroatoms. The molecule has 1 amide bonds. The van der Waals surface area contributed by atoms with Crippen molar-refractivity contribution in [3.8, 4) is 17.2 Å². The van der Waals surface area contributed by atoms with Crippen LogP contribution in [0.15, 0.2) is 12.1 Å². The number of phenolic OH excluding ortho intramolecular Hbond substituents is 3. The maximum Gasteiger partial charge on any atom is 0.253 e. The molecule has 0 aliphatic carbocycles. The molecule has 162 valence electrons. The molecule has 0 saturated carbocycles. The van der Waals surface area contributed by atoms with Gasteiger partial charge >= 0.3 is 0 Å². The standard InChI is InChI=1S/C22H24N4O5/c1-11-20(29)14(10-27)17-19(21(11)30)25-16-13(5-6-15(28)18(16)24-17)22(31)23-8-7-12-4-3-9-26(12)2/h5-6,10,12,28-30H,3-4,7-9H2,1-2H3,(H,23,31). The average Bonchev–Trinajstić information content (AvgIpc) is 3.17. The van der Waals surface area contributed by atoms with E-state index in [1.54, 1.807) is 0 Å². The lowest BCUT2D eigenvalue weighted by atomic mass is 10.0. The van der Waals surface area contributed by atoms with E-state index >= 15 is 0 Å². The number of fused-ring (bicyclic) bond motifs is 2. The minimum absolute atomic E-state index is 0.00132. The van der Waals surface area contributed by atoms with Gasteiger partial charge in [0, 0.05) is 18.2 Å². The smallest absolute Gasteiger partial charge is 0.253 e. The molecule has 0 spiro atoms. The van der Waals surface area contributed by atoms with Gasteiger partial charge in [-0.05, 0) is 51.9 Å². The number of aromatic nitrogens is 2. The van der Waals surface area contributed by atoms with Gasteiger partial charge in [-0.3, -0.25) is 9.59 Å². The highest BCUT2D eigenvalue weighted by Gasteiger charge is 2.23. The van der Waals surface area contributed by atoms with Crippen molar-refractivity contribution in [2.45, 2.75) is 32.2 Å². The van der Waals surface area contributed by atoms with Gasteiger partial charge in [0.1, 0.15) is 39.3 Å². The minimum Gasteiger partial charge on any atom is -0.507 e. The molecular formula is C22H24N4O5. The van der Waals surface area contributed by atoms with Gasteiger partial charge in [-0.1, -0.05) is 0 Å². The number of amides is 1. The number of hydrogen-bond acceptors (Lipinski definition) is 8. The van der Waals surface area contributed by atoms with Gasteiger partial charge in [-0.2, -0.15) is 0 Å². The molecule has 1 atom stereocenters. The Hall–Kier alpha value is -3.46. The van der Waals surface area contributed by atoms with Crippen LogP contribution in [0.5, 0.6) is 17.2 Å². The zero-order chi connectivity index (χ0) is 22.3. The first kappa shape index (κ1) is 20.8. The van der Waals surface area contributed by atoms with Crippen molar-refractivity contribution in [2.24, 2.45) is 0 Å². The minimum atomic E-state index is -0.404. The highest BCUT2D eigenvalue weighted by molar-refractivity contribution is 6.09. The fourth-order valence-electron chi connectivity index (χ4n) is 4.17. The maximum absolute atomic E-state index is 12.9. The SMILES string of the molecule is Cc1c(O)c(C=O)c2nc3c(O)ccc(C(=O)NCCC4CCCN4C)c3nc2c1O. The third-order valence-corrected chi connectivity index (χ3v) is 6.04. The normalized spacial score (nSPS) is 16.8. The van der Waals surface area contributed by atoms with Crippen molar-refractivity contribution in [3.63, 3.8) is 0 Å². The van der Waals surface area contributed by atoms with Crippen molar-refractivity contribution in [1.29, 1.82) is 0 Å². The summed E-state index contributed by atoms with van der Waals surface area (Å²) in [5.74, 6) is -1.35. The summed E-state index contributed by atoms with van der Waals surface area (Å²) < 4.78 is 0. The van der Waals surface area contributed by atoms with Gasteiger partial charge in [-0.15, -0.1) is 0 Å². The van der Waals surface area contributed by atoms with E-state index in [0.717, 1.165) is 25.8 Å². The second-order valence-electron chi connectivity index (χ2n) is 7.93. The van der Waals surface area contributed by atoms with Gasteiger partial charge < -0.3 is 25.5 Å². The summed E-state index contributed by atoms with van der Waals surface area (Å²) in [6.45, 7) is 3.00. The van der Waals surface area contributed by atoms with Crippen LogP contribution in [-0.2, 0) is 0 Å². The molecule has 1 aromatic heterocycles. The quantitative estimate of drug-likeness (QED) is 0.362. The number of likely N-dealkylation sites (tertiary alicyclic amines) is 1. The van der Waals surface area contributed by atoms with Crippen LogP contribution in [0.4, 0.5) is 0 Å². The number of phenols is 3. The molecule has 3 aromatic rings. The van der Waals surface area contributed by atoms with Crippen LogP contribution in [0, 0.1) is 6.92 Å². The first-order valence-electron chi connectivity index (χ1n) is 10.1. The molecule has 0 bridgehead atoms. The van der Waals surface area contributed by atoms with Crippen LogP contribution < -0.4 is 5.32 Å². The highest BCUT2D eigenvalue weighted by Crippen LogP contribution is 2.38. The van der Waals surface area contributed by atoms with Crippen LogP contribution in [0.25, 0.3) is 22.1 Å². The Bertz CT molecular complexity index is 1210. The lowest BCUT2D eigenvalue weighted by Gasteiger charge is -2.19. The molecule has 0 radical (unpaired) electrons. The molecule has 31 heavy (non-hydrogen) atoms. The van der Waals surface area contributed by atoms with Crippen LogP contribution in [0.3, 0.4) is 0 Å². The van der Waals surface area contributed by atoms with Crippen molar-refractivity contribution in [3.05, 3.63) is 28.8 Å². The van der Waals surface area contributed by atoms with Gasteiger partial charge in [0.05, 0.1) is 11.1 Å². The Morgan fingerprint density at radius 3 is 2.58 bits per heavy atom. The van der Waals surface area contributed by atoms with E-state index in [1.165, 1.54) is 19.1 Å². The molecular weight excluding hydrogens is 400 g/mol. The molecule has 2 heterocycles. The molecule has 1 aliphatic rings. The first-order chi connectivity index (χ1) is 14.8. The first-order valence-corrected chi connectivity index (χ1v) is 10.1. The molecule has 4 N–H and O–H groups in total. The van der Waals surface area contributed by atoms with E-state index in [1.807, 2.05) is 0 Å². The largest absolute Gasteiger partial charge is 0.507 e. The molecule has 1 aliphatic heterocycles. The fourth-order valence-corrected chi connectivity index (χ4v) is 4.17. The van der Waals surface area contributed by atoms with Crippen molar-refractivity contribution >= 4 is 34.3 Å². The van der Waals surface area contributed by atoms with E-state index in [0.29, 0.717) is 18.9 Å². The van der Waals surface area contributed by atoms with Crippen molar-refractivity contribution in [2.75, 3.05) is 20.1 Å². The summed E-state index contributed by atoms with van der Waals surface area (Å²) in [5.41, 5.74) is 0.142. The second-order valence-corrected chi connectivity index (χ2v) is 7.93. The summed E-state index contributed by atoms with van der Waals surface area (Å²) in [6, 6.07) is 3.21. The zero-order valence-electron chi connectivity index (χ0n) is 17.3. The molecule has 9 nitrogen and oxygen atoms in total. The number of carbonyl (C=O) groups is 2. The third kappa shape index (κ3) is 3.50. The van der Waals surface area contributed by atoms with Gasteiger partial charge in [0.2, 0.25) is 0 Å². The Morgan fingerprint density at radius 1 is 1.16 bits per heavy atom. The van der Waals surface area contributed by atoms with E-state index in [4.69, 9.17) is 0 Å². The summed E-state index contributed by atoms with van der Waals surface area (Å²) in [7, 11) is 2.08. The Balaban J connectivity index is 1.75. The summed E-state index contributed by atoms with van der Waals surface area (Å²) in [5, 5.41) is 33.8. The van der Waals surface area contributed by atoms with Crippen LogP contribution >= 0.6 is 0 Å².